The van der Waals surface area contributed by atoms with Gasteiger partial charge in [-0.25, -0.2) is 9.67 Å². The van der Waals surface area contributed by atoms with Crippen molar-refractivity contribution >= 4 is 34.8 Å². The van der Waals surface area contributed by atoms with Crippen LogP contribution < -0.4 is 10.6 Å². The fraction of sp³-hybridized carbons (Fsp3) is 0.273. The maximum atomic E-state index is 12.7. The zero-order chi connectivity index (χ0) is 22.5. The molecule has 9 nitrogen and oxygen atoms in total. The SMILES string of the molecule is O=C(CN1CCC(C(=O)Nc2ccccc2O)CC1)Nc1cc(Cl)ccc1-n1cncn1. The lowest BCUT2D eigenvalue weighted by Crippen LogP contribution is -2.41. The van der Waals surface area contributed by atoms with Gasteiger partial charge in [0.2, 0.25) is 11.8 Å². The number of phenolic OH excluding ortho intramolecular Hbond substituents is 1. The highest BCUT2D eigenvalue weighted by Crippen LogP contribution is 2.26. The molecular formula is C22H23ClN6O3. The minimum atomic E-state index is -0.175. The van der Waals surface area contributed by atoms with Crippen molar-refractivity contribution in [3.05, 3.63) is 60.1 Å². The Balaban J connectivity index is 1.30. The van der Waals surface area contributed by atoms with E-state index in [0.717, 1.165) is 0 Å². The van der Waals surface area contributed by atoms with Crippen molar-refractivity contribution in [1.29, 1.82) is 0 Å². The van der Waals surface area contributed by atoms with E-state index in [4.69, 9.17) is 11.6 Å². The van der Waals surface area contributed by atoms with Crippen LogP contribution in [0.5, 0.6) is 5.75 Å². The van der Waals surface area contributed by atoms with Crippen LogP contribution in [-0.2, 0) is 9.59 Å². The maximum Gasteiger partial charge on any atom is 0.238 e. The summed E-state index contributed by atoms with van der Waals surface area (Å²) in [5.41, 5.74) is 1.62. The molecule has 1 saturated heterocycles. The number of anilines is 2. The minimum absolute atomic E-state index is 0.0428. The predicted octanol–water partition coefficient (Wildman–Crippen LogP) is 2.92. The van der Waals surface area contributed by atoms with Crippen molar-refractivity contribution in [3.63, 3.8) is 0 Å². The van der Waals surface area contributed by atoms with E-state index in [-0.39, 0.29) is 30.0 Å². The average molecular weight is 455 g/mol. The Morgan fingerprint density at radius 2 is 1.88 bits per heavy atom. The third-order valence-electron chi connectivity index (χ3n) is 5.39. The summed E-state index contributed by atoms with van der Waals surface area (Å²) in [6.45, 7) is 1.45. The lowest BCUT2D eigenvalue weighted by molar-refractivity contribution is -0.121. The van der Waals surface area contributed by atoms with Gasteiger partial charge in [0, 0.05) is 10.9 Å². The zero-order valence-electron chi connectivity index (χ0n) is 17.2. The molecule has 2 heterocycles. The fourth-order valence-corrected chi connectivity index (χ4v) is 3.87. The quantitative estimate of drug-likeness (QED) is 0.494. The summed E-state index contributed by atoms with van der Waals surface area (Å²) < 4.78 is 1.56. The van der Waals surface area contributed by atoms with Gasteiger partial charge in [-0.15, -0.1) is 0 Å². The number of benzene rings is 2. The molecule has 0 spiro atoms. The number of halogens is 1. The first-order valence-corrected chi connectivity index (χ1v) is 10.6. The molecular weight excluding hydrogens is 432 g/mol. The third-order valence-corrected chi connectivity index (χ3v) is 5.62. The number of nitrogens with zero attached hydrogens (tertiary/aromatic N) is 4. The number of hydrogen-bond donors (Lipinski definition) is 3. The first-order chi connectivity index (χ1) is 15.5. The van der Waals surface area contributed by atoms with Crippen LogP contribution in [0, 0.1) is 5.92 Å². The van der Waals surface area contributed by atoms with Gasteiger partial charge < -0.3 is 15.7 Å². The van der Waals surface area contributed by atoms with Crippen LogP contribution in [0.2, 0.25) is 5.02 Å². The van der Waals surface area contributed by atoms with E-state index in [0.29, 0.717) is 48.0 Å². The number of carbonyl (C=O) groups excluding carboxylic acids is 2. The van der Waals surface area contributed by atoms with E-state index in [1.165, 1.54) is 12.4 Å². The second-order valence-corrected chi connectivity index (χ2v) is 8.04. The molecule has 0 bridgehead atoms. The standard InChI is InChI=1S/C22H23ClN6O3/c23-16-5-6-19(29-14-24-13-25-29)18(11-16)26-21(31)12-28-9-7-15(8-10-28)22(32)27-17-3-1-2-4-20(17)30/h1-6,11,13-15,30H,7-10,12H2,(H,26,31)(H,27,32). The summed E-state index contributed by atoms with van der Waals surface area (Å²) in [5.74, 6) is -0.417. The molecule has 2 amide bonds. The van der Waals surface area contributed by atoms with Gasteiger partial charge in [0.1, 0.15) is 18.4 Å². The van der Waals surface area contributed by atoms with E-state index in [2.05, 4.69) is 20.7 Å². The number of amides is 2. The van der Waals surface area contributed by atoms with Crippen molar-refractivity contribution in [2.45, 2.75) is 12.8 Å². The van der Waals surface area contributed by atoms with Crippen molar-refractivity contribution in [1.82, 2.24) is 19.7 Å². The predicted molar refractivity (Wildman–Crippen MR) is 121 cm³/mol. The van der Waals surface area contributed by atoms with Gasteiger partial charge in [-0.2, -0.15) is 5.10 Å². The number of hydrogen-bond acceptors (Lipinski definition) is 6. The van der Waals surface area contributed by atoms with Gasteiger partial charge in [0.05, 0.1) is 23.6 Å². The Bertz CT molecular complexity index is 1100. The molecule has 0 unspecified atom stereocenters. The van der Waals surface area contributed by atoms with Gasteiger partial charge in [-0.05, 0) is 56.3 Å². The fourth-order valence-electron chi connectivity index (χ4n) is 3.70. The number of para-hydroxylation sites is 2. The van der Waals surface area contributed by atoms with Crippen LogP contribution in [-0.4, -0.2) is 56.2 Å². The Morgan fingerprint density at radius 1 is 1.09 bits per heavy atom. The lowest BCUT2D eigenvalue weighted by Gasteiger charge is -2.30. The number of piperidine rings is 1. The molecule has 10 heteroatoms. The summed E-state index contributed by atoms with van der Waals surface area (Å²) in [6, 6.07) is 11.8. The van der Waals surface area contributed by atoms with Gasteiger partial charge in [-0.3, -0.25) is 14.5 Å². The first kappa shape index (κ1) is 21.8. The van der Waals surface area contributed by atoms with Crippen LogP contribution in [0.1, 0.15) is 12.8 Å². The van der Waals surface area contributed by atoms with Crippen LogP contribution in [0.3, 0.4) is 0 Å². The summed E-state index contributed by atoms with van der Waals surface area (Å²) in [6.07, 6.45) is 4.23. The zero-order valence-corrected chi connectivity index (χ0v) is 18.0. The molecule has 3 aromatic rings. The van der Waals surface area contributed by atoms with Gasteiger partial charge in [0.25, 0.3) is 0 Å². The van der Waals surface area contributed by atoms with Crippen molar-refractivity contribution in [2.75, 3.05) is 30.3 Å². The van der Waals surface area contributed by atoms with E-state index in [9.17, 15) is 14.7 Å². The molecule has 166 valence electrons. The minimum Gasteiger partial charge on any atom is -0.506 e. The first-order valence-electron chi connectivity index (χ1n) is 10.3. The molecule has 4 rings (SSSR count). The molecule has 3 N–H and O–H groups in total. The third kappa shape index (κ3) is 5.24. The maximum absolute atomic E-state index is 12.7. The van der Waals surface area contributed by atoms with Crippen molar-refractivity contribution in [2.24, 2.45) is 5.92 Å². The monoisotopic (exact) mass is 454 g/mol. The summed E-state index contributed by atoms with van der Waals surface area (Å²) in [4.78, 5) is 31.1. The highest BCUT2D eigenvalue weighted by atomic mass is 35.5. The molecule has 1 fully saturated rings. The van der Waals surface area contributed by atoms with Crippen LogP contribution >= 0.6 is 11.6 Å². The average Bonchev–Trinajstić information content (AvgIpc) is 3.30. The molecule has 2 aromatic carbocycles. The molecule has 0 aliphatic carbocycles. The van der Waals surface area contributed by atoms with Crippen LogP contribution in [0.25, 0.3) is 5.69 Å². The Labute approximate surface area is 190 Å². The van der Waals surface area contributed by atoms with Crippen molar-refractivity contribution in [3.8, 4) is 11.4 Å². The van der Waals surface area contributed by atoms with Crippen molar-refractivity contribution < 1.29 is 14.7 Å². The molecule has 1 aliphatic heterocycles. The summed E-state index contributed by atoms with van der Waals surface area (Å²) >= 11 is 6.11. The van der Waals surface area contributed by atoms with Gasteiger partial charge >= 0.3 is 0 Å². The number of aromatic nitrogens is 3. The van der Waals surface area contributed by atoms with Crippen LogP contribution in [0.15, 0.2) is 55.1 Å². The highest BCUT2D eigenvalue weighted by molar-refractivity contribution is 6.31. The van der Waals surface area contributed by atoms with E-state index in [1.807, 2.05) is 4.90 Å². The second-order valence-electron chi connectivity index (χ2n) is 7.61. The summed E-state index contributed by atoms with van der Waals surface area (Å²) in [7, 11) is 0. The number of aromatic hydroxyl groups is 1. The molecule has 0 radical (unpaired) electrons. The van der Waals surface area contributed by atoms with E-state index < -0.39 is 0 Å². The normalized spacial score (nSPS) is 14.8. The number of likely N-dealkylation sites (tertiary alicyclic amines) is 1. The number of phenols is 1. The smallest absolute Gasteiger partial charge is 0.238 e. The number of carbonyl (C=O) groups is 2. The molecule has 32 heavy (non-hydrogen) atoms. The Morgan fingerprint density at radius 3 is 2.59 bits per heavy atom. The summed E-state index contributed by atoms with van der Waals surface area (Å²) in [5, 5.41) is 20.1. The Kier molecular flexibility index (Phi) is 6.67. The molecule has 1 aliphatic rings. The largest absolute Gasteiger partial charge is 0.506 e. The molecule has 0 saturated carbocycles. The van der Waals surface area contributed by atoms with E-state index in [1.54, 1.807) is 47.4 Å². The molecule has 1 aromatic heterocycles. The van der Waals surface area contributed by atoms with Crippen LogP contribution in [0.4, 0.5) is 11.4 Å². The van der Waals surface area contributed by atoms with Gasteiger partial charge in [0.15, 0.2) is 0 Å². The van der Waals surface area contributed by atoms with Gasteiger partial charge in [-0.1, -0.05) is 23.7 Å². The number of rotatable bonds is 6. The highest BCUT2D eigenvalue weighted by Gasteiger charge is 2.26. The van der Waals surface area contributed by atoms with E-state index >= 15 is 0 Å². The topological polar surface area (TPSA) is 112 Å². The lowest BCUT2D eigenvalue weighted by atomic mass is 9.95. The Hall–Kier alpha value is -3.43. The number of nitrogens with one attached hydrogen (secondary N) is 2. The second kappa shape index (κ2) is 9.80. The molecule has 0 atom stereocenters.